The van der Waals surface area contributed by atoms with Gasteiger partial charge in [-0.3, -0.25) is 9.69 Å². The van der Waals surface area contributed by atoms with E-state index >= 15 is 0 Å². The van der Waals surface area contributed by atoms with Crippen molar-refractivity contribution in [2.24, 2.45) is 0 Å². The van der Waals surface area contributed by atoms with Crippen molar-refractivity contribution in [2.75, 3.05) is 13.1 Å². The zero-order valence-corrected chi connectivity index (χ0v) is 13.3. The van der Waals surface area contributed by atoms with Gasteiger partial charge in [0, 0.05) is 18.7 Å². The van der Waals surface area contributed by atoms with Crippen LogP contribution in [0.1, 0.15) is 41.9 Å². The van der Waals surface area contributed by atoms with Gasteiger partial charge in [-0.05, 0) is 37.8 Å². The van der Waals surface area contributed by atoms with Gasteiger partial charge in [0.15, 0.2) is 0 Å². The third-order valence-corrected chi connectivity index (χ3v) is 4.52. The molecule has 0 spiro atoms. The highest BCUT2D eigenvalue weighted by molar-refractivity contribution is 5.21. The molecule has 4 heteroatoms. The number of nitrogens with zero attached hydrogens (tertiary/aromatic N) is 2. The SMILES string of the molecule is Cc1nc2c(c(=O)[nH]1)CCN(CC[C@@H](C)c1ccccc1)C2. The molecule has 2 aromatic rings. The molecule has 0 amide bonds. The van der Waals surface area contributed by atoms with Crippen molar-refractivity contribution in [3.63, 3.8) is 0 Å². The van der Waals surface area contributed by atoms with Gasteiger partial charge in [-0.1, -0.05) is 37.3 Å². The second-order valence-electron chi connectivity index (χ2n) is 6.20. The van der Waals surface area contributed by atoms with E-state index in [1.54, 1.807) is 0 Å². The average molecular weight is 297 g/mol. The van der Waals surface area contributed by atoms with Gasteiger partial charge in [-0.2, -0.15) is 0 Å². The van der Waals surface area contributed by atoms with Crippen LogP contribution in [-0.4, -0.2) is 28.0 Å². The van der Waals surface area contributed by atoms with E-state index in [2.05, 4.69) is 52.1 Å². The van der Waals surface area contributed by atoms with Crippen molar-refractivity contribution in [1.82, 2.24) is 14.9 Å². The lowest BCUT2D eigenvalue weighted by molar-refractivity contribution is 0.240. The first-order chi connectivity index (χ1) is 10.6. The van der Waals surface area contributed by atoms with Crippen molar-refractivity contribution in [1.29, 1.82) is 0 Å². The number of rotatable bonds is 4. The molecule has 0 radical (unpaired) electrons. The zero-order valence-electron chi connectivity index (χ0n) is 13.3. The van der Waals surface area contributed by atoms with E-state index in [0.717, 1.165) is 43.7 Å². The summed E-state index contributed by atoms with van der Waals surface area (Å²) in [7, 11) is 0. The summed E-state index contributed by atoms with van der Waals surface area (Å²) in [5.41, 5.74) is 3.27. The quantitative estimate of drug-likeness (QED) is 0.944. The van der Waals surface area contributed by atoms with E-state index in [1.165, 1.54) is 5.56 Å². The number of H-pyrrole nitrogens is 1. The fourth-order valence-corrected chi connectivity index (χ4v) is 3.13. The number of aryl methyl sites for hydroxylation is 1. The minimum Gasteiger partial charge on any atom is -0.311 e. The molecule has 4 nitrogen and oxygen atoms in total. The van der Waals surface area contributed by atoms with Crippen LogP contribution in [-0.2, 0) is 13.0 Å². The fraction of sp³-hybridized carbons (Fsp3) is 0.444. The Morgan fingerprint density at radius 3 is 2.86 bits per heavy atom. The first-order valence-corrected chi connectivity index (χ1v) is 7.99. The monoisotopic (exact) mass is 297 g/mol. The third-order valence-electron chi connectivity index (χ3n) is 4.52. The molecule has 0 saturated carbocycles. The van der Waals surface area contributed by atoms with Gasteiger partial charge in [-0.25, -0.2) is 4.98 Å². The van der Waals surface area contributed by atoms with E-state index in [9.17, 15) is 4.79 Å². The zero-order chi connectivity index (χ0) is 15.5. The number of nitrogens with one attached hydrogen (secondary N) is 1. The summed E-state index contributed by atoms with van der Waals surface area (Å²) >= 11 is 0. The summed E-state index contributed by atoms with van der Waals surface area (Å²) in [4.78, 5) is 21.7. The number of hydrogen-bond donors (Lipinski definition) is 1. The highest BCUT2D eigenvalue weighted by atomic mass is 16.1. The van der Waals surface area contributed by atoms with Crippen molar-refractivity contribution in [2.45, 2.75) is 39.2 Å². The van der Waals surface area contributed by atoms with Crippen LogP contribution in [0, 0.1) is 6.92 Å². The molecule has 1 aliphatic heterocycles. The van der Waals surface area contributed by atoms with Crippen molar-refractivity contribution in [3.05, 3.63) is 63.3 Å². The third kappa shape index (κ3) is 3.28. The summed E-state index contributed by atoms with van der Waals surface area (Å²) in [5, 5.41) is 0. The molecule has 2 heterocycles. The molecule has 116 valence electrons. The molecular formula is C18H23N3O. The van der Waals surface area contributed by atoms with Crippen LogP contribution in [0.2, 0.25) is 0 Å². The van der Waals surface area contributed by atoms with Gasteiger partial charge in [0.2, 0.25) is 0 Å². The Labute approximate surface area is 131 Å². The Hall–Kier alpha value is -1.94. The normalized spacial score (nSPS) is 16.3. The van der Waals surface area contributed by atoms with Crippen molar-refractivity contribution >= 4 is 0 Å². The minimum absolute atomic E-state index is 0.0415. The largest absolute Gasteiger partial charge is 0.311 e. The van der Waals surface area contributed by atoms with Gasteiger partial charge in [-0.15, -0.1) is 0 Å². The second kappa shape index (κ2) is 6.44. The maximum Gasteiger partial charge on any atom is 0.254 e. The summed E-state index contributed by atoms with van der Waals surface area (Å²) in [5.74, 6) is 1.26. The number of aromatic amines is 1. The maximum absolute atomic E-state index is 11.9. The van der Waals surface area contributed by atoms with E-state index in [1.807, 2.05) is 6.92 Å². The molecule has 1 N–H and O–H groups in total. The number of fused-ring (bicyclic) bond motifs is 1. The van der Waals surface area contributed by atoms with Crippen LogP contribution in [0.4, 0.5) is 0 Å². The Bertz CT molecular complexity index is 693. The molecule has 0 bridgehead atoms. The molecule has 22 heavy (non-hydrogen) atoms. The number of hydrogen-bond acceptors (Lipinski definition) is 3. The summed E-state index contributed by atoms with van der Waals surface area (Å²) in [6.07, 6.45) is 1.93. The molecule has 0 unspecified atom stereocenters. The van der Waals surface area contributed by atoms with E-state index in [-0.39, 0.29) is 5.56 Å². The van der Waals surface area contributed by atoms with Crippen LogP contribution >= 0.6 is 0 Å². The Balaban J connectivity index is 1.62. The maximum atomic E-state index is 11.9. The van der Waals surface area contributed by atoms with Crippen LogP contribution in [0.25, 0.3) is 0 Å². The lowest BCUT2D eigenvalue weighted by Gasteiger charge is -2.28. The lowest BCUT2D eigenvalue weighted by atomic mass is 9.97. The van der Waals surface area contributed by atoms with E-state index in [4.69, 9.17) is 0 Å². The van der Waals surface area contributed by atoms with Crippen LogP contribution in [0.3, 0.4) is 0 Å². The predicted molar refractivity (Wildman–Crippen MR) is 88.0 cm³/mol. The molecule has 1 aliphatic rings. The molecule has 1 aromatic carbocycles. The Morgan fingerprint density at radius 1 is 1.32 bits per heavy atom. The fourth-order valence-electron chi connectivity index (χ4n) is 3.13. The molecular weight excluding hydrogens is 274 g/mol. The first-order valence-electron chi connectivity index (χ1n) is 7.99. The Kier molecular flexibility index (Phi) is 4.39. The number of aromatic nitrogens is 2. The van der Waals surface area contributed by atoms with Crippen LogP contribution in [0.5, 0.6) is 0 Å². The van der Waals surface area contributed by atoms with Crippen LogP contribution in [0.15, 0.2) is 35.1 Å². The van der Waals surface area contributed by atoms with Gasteiger partial charge in [0.1, 0.15) is 5.82 Å². The van der Waals surface area contributed by atoms with E-state index in [0.29, 0.717) is 11.7 Å². The standard InChI is InChI=1S/C18H23N3O/c1-13(15-6-4-3-5-7-15)8-10-21-11-9-16-17(12-21)19-14(2)20-18(16)22/h3-7,13H,8-12H2,1-2H3,(H,19,20,22)/t13-/m1/s1. The van der Waals surface area contributed by atoms with Gasteiger partial charge >= 0.3 is 0 Å². The highest BCUT2D eigenvalue weighted by Gasteiger charge is 2.20. The lowest BCUT2D eigenvalue weighted by Crippen LogP contribution is -2.36. The van der Waals surface area contributed by atoms with Crippen molar-refractivity contribution in [3.8, 4) is 0 Å². The minimum atomic E-state index is 0.0415. The smallest absolute Gasteiger partial charge is 0.254 e. The molecule has 0 fully saturated rings. The summed E-state index contributed by atoms with van der Waals surface area (Å²) in [6, 6.07) is 10.6. The highest BCUT2D eigenvalue weighted by Crippen LogP contribution is 2.21. The number of benzene rings is 1. The summed E-state index contributed by atoms with van der Waals surface area (Å²) < 4.78 is 0. The summed E-state index contributed by atoms with van der Waals surface area (Å²) in [6.45, 7) is 6.91. The van der Waals surface area contributed by atoms with Gasteiger partial charge in [0.25, 0.3) is 5.56 Å². The van der Waals surface area contributed by atoms with Gasteiger partial charge < -0.3 is 4.98 Å². The predicted octanol–water partition coefficient (Wildman–Crippen LogP) is 2.63. The topological polar surface area (TPSA) is 49.0 Å². The molecule has 1 aromatic heterocycles. The van der Waals surface area contributed by atoms with Crippen LogP contribution < -0.4 is 5.56 Å². The average Bonchev–Trinajstić information content (AvgIpc) is 2.53. The molecule has 0 aliphatic carbocycles. The first kappa shape index (κ1) is 15.0. The van der Waals surface area contributed by atoms with E-state index < -0.39 is 0 Å². The Morgan fingerprint density at radius 2 is 2.09 bits per heavy atom. The molecule has 1 atom stereocenters. The van der Waals surface area contributed by atoms with Crippen molar-refractivity contribution < 1.29 is 0 Å². The molecule has 3 rings (SSSR count). The van der Waals surface area contributed by atoms with Gasteiger partial charge in [0.05, 0.1) is 5.69 Å². The second-order valence-corrected chi connectivity index (χ2v) is 6.20. The molecule has 0 saturated heterocycles.